The topological polar surface area (TPSA) is 121 Å². The van der Waals surface area contributed by atoms with Gasteiger partial charge in [0.1, 0.15) is 17.6 Å². The first-order valence-corrected chi connectivity index (χ1v) is 14.9. The molecule has 0 aliphatic carbocycles. The van der Waals surface area contributed by atoms with Gasteiger partial charge in [0.05, 0.1) is 23.7 Å². The van der Waals surface area contributed by atoms with E-state index in [-0.39, 0.29) is 18.0 Å². The van der Waals surface area contributed by atoms with Gasteiger partial charge in [0.25, 0.3) is 11.8 Å². The number of anilines is 1. The predicted molar refractivity (Wildman–Crippen MR) is 172 cm³/mol. The van der Waals surface area contributed by atoms with Gasteiger partial charge < -0.3 is 24.8 Å². The number of benzene rings is 3. The van der Waals surface area contributed by atoms with Crippen molar-refractivity contribution in [2.24, 2.45) is 7.05 Å². The molecule has 10 nitrogen and oxygen atoms in total. The molecule has 1 aliphatic rings. The van der Waals surface area contributed by atoms with Gasteiger partial charge in [-0.3, -0.25) is 9.59 Å². The van der Waals surface area contributed by atoms with Crippen LogP contribution in [0.4, 0.5) is 5.82 Å². The zero-order valence-electron chi connectivity index (χ0n) is 25.2. The third-order valence-corrected chi connectivity index (χ3v) is 8.26. The first-order chi connectivity index (χ1) is 21.8. The van der Waals surface area contributed by atoms with Crippen molar-refractivity contribution in [2.45, 2.75) is 19.4 Å². The minimum absolute atomic E-state index is 0.00806. The molecule has 2 N–H and O–H groups in total. The van der Waals surface area contributed by atoms with Crippen molar-refractivity contribution in [1.29, 1.82) is 0 Å². The molecule has 10 heteroatoms. The largest absolute Gasteiger partial charge is 0.480 e. The number of carbonyl (C=O) groups excluding carboxylic acids is 2. The number of aromatic nitrogens is 3. The summed E-state index contributed by atoms with van der Waals surface area (Å²) in [4.78, 5) is 51.3. The Morgan fingerprint density at radius 1 is 0.889 bits per heavy atom. The van der Waals surface area contributed by atoms with Gasteiger partial charge in [-0.15, -0.1) is 0 Å². The van der Waals surface area contributed by atoms with Crippen LogP contribution in [-0.2, 0) is 18.3 Å². The molecule has 3 aromatic carbocycles. The number of fused-ring (bicyclic) bond motifs is 1. The SMILES string of the molecule is Cc1ccc2c(c1)c(C(=O)N1CCN(c3cnc(C(=O)N[C@@H](Cc4ccccc4)C(=O)O)cn3)CC1)c(-c1ccccc1)n2C. The average Bonchev–Trinajstić information content (AvgIpc) is 3.36. The fourth-order valence-electron chi connectivity index (χ4n) is 5.89. The van der Waals surface area contributed by atoms with Crippen LogP contribution in [0.3, 0.4) is 0 Å². The summed E-state index contributed by atoms with van der Waals surface area (Å²) in [6.45, 7) is 4.13. The molecule has 1 aliphatic heterocycles. The Labute approximate surface area is 260 Å². The third-order valence-electron chi connectivity index (χ3n) is 8.26. The molecule has 0 saturated carbocycles. The zero-order chi connectivity index (χ0) is 31.5. The number of aryl methyl sites for hydroxylation is 2. The molecule has 2 amide bonds. The number of aliphatic carboxylic acids is 1. The van der Waals surface area contributed by atoms with E-state index in [0.717, 1.165) is 33.3 Å². The Morgan fingerprint density at radius 3 is 2.22 bits per heavy atom. The van der Waals surface area contributed by atoms with Crippen molar-refractivity contribution in [3.63, 3.8) is 0 Å². The highest BCUT2D eigenvalue weighted by atomic mass is 16.4. The Balaban J connectivity index is 1.14. The van der Waals surface area contributed by atoms with Crippen LogP contribution in [0.25, 0.3) is 22.2 Å². The fraction of sp³-hybridized carbons (Fsp3) is 0.229. The molecule has 1 atom stereocenters. The number of hydrogen-bond donors (Lipinski definition) is 2. The Bertz CT molecular complexity index is 1850. The van der Waals surface area contributed by atoms with E-state index < -0.39 is 17.9 Å². The van der Waals surface area contributed by atoms with Crippen molar-refractivity contribution >= 4 is 34.5 Å². The normalized spacial score (nSPS) is 13.9. The van der Waals surface area contributed by atoms with Crippen molar-refractivity contribution in [1.82, 2.24) is 24.8 Å². The lowest BCUT2D eigenvalue weighted by atomic mass is 10.0. The second-order valence-corrected chi connectivity index (χ2v) is 11.3. The van der Waals surface area contributed by atoms with E-state index >= 15 is 0 Å². The number of rotatable bonds is 8. The lowest BCUT2D eigenvalue weighted by molar-refractivity contribution is -0.139. The van der Waals surface area contributed by atoms with E-state index in [1.165, 1.54) is 12.4 Å². The van der Waals surface area contributed by atoms with Crippen LogP contribution >= 0.6 is 0 Å². The number of carboxylic acid groups (broad SMARTS) is 1. The molecule has 1 fully saturated rings. The van der Waals surface area contributed by atoms with Crippen LogP contribution in [0.5, 0.6) is 0 Å². The van der Waals surface area contributed by atoms with Gasteiger partial charge in [0, 0.05) is 50.6 Å². The minimum atomic E-state index is -1.13. The van der Waals surface area contributed by atoms with Gasteiger partial charge in [-0.05, 0) is 30.2 Å². The molecule has 5 aromatic rings. The van der Waals surface area contributed by atoms with Crippen LogP contribution in [0.15, 0.2) is 91.3 Å². The van der Waals surface area contributed by atoms with E-state index in [0.29, 0.717) is 37.6 Å². The maximum Gasteiger partial charge on any atom is 0.326 e. The number of hydrogen-bond acceptors (Lipinski definition) is 6. The van der Waals surface area contributed by atoms with E-state index in [2.05, 4.69) is 38.1 Å². The molecule has 0 spiro atoms. The summed E-state index contributed by atoms with van der Waals surface area (Å²) in [5.41, 5.74) is 5.54. The highest BCUT2D eigenvalue weighted by molar-refractivity contribution is 6.13. The quantitative estimate of drug-likeness (QED) is 0.271. The highest BCUT2D eigenvalue weighted by Crippen LogP contribution is 2.35. The van der Waals surface area contributed by atoms with Crippen molar-refractivity contribution in [3.05, 3.63) is 114 Å². The molecule has 228 valence electrons. The molecular formula is C35H34N6O4. The van der Waals surface area contributed by atoms with Gasteiger partial charge in [-0.25, -0.2) is 14.8 Å². The summed E-state index contributed by atoms with van der Waals surface area (Å²) in [7, 11) is 2.00. The van der Waals surface area contributed by atoms with Gasteiger partial charge >= 0.3 is 5.97 Å². The van der Waals surface area contributed by atoms with Crippen molar-refractivity contribution in [3.8, 4) is 11.3 Å². The van der Waals surface area contributed by atoms with Crippen LogP contribution in [0.1, 0.15) is 32.0 Å². The fourth-order valence-corrected chi connectivity index (χ4v) is 5.89. The number of piperazine rings is 1. The number of carbonyl (C=O) groups is 3. The summed E-state index contributed by atoms with van der Waals surface area (Å²) < 4.78 is 2.10. The number of carboxylic acids is 1. The zero-order valence-corrected chi connectivity index (χ0v) is 25.2. The lowest BCUT2D eigenvalue weighted by Crippen LogP contribution is -2.49. The molecule has 0 bridgehead atoms. The number of nitrogens with zero attached hydrogens (tertiary/aromatic N) is 5. The van der Waals surface area contributed by atoms with E-state index in [1.54, 1.807) is 0 Å². The van der Waals surface area contributed by atoms with E-state index in [9.17, 15) is 19.5 Å². The van der Waals surface area contributed by atoms with Gasteiger partial charge in [0.15, 0.2) is 0 Å². The van der Waals surface area contributed by atoms with E-state index in [4.69, 9.17) is 0 Å². The monoisotopic (exact) mass is 602 g/mol. The molecule has 6 rings (SSSR count). The van der Waals surface area contributed by atoms with Crippen LogP contribution < -0.4 is 10.2 Å². The smallest absolute Gasteiger partial charge is 0.326 e. The molecule has 45 heavy (non-hydrogen) atoms. The molecular weight excluding hydrogens is 568 g/mol. The molecule has 2 aromatic heterocycles. The third kappa shape index (κ3) is 6.12. The van der Waals surface area contributed by atoms with Gasteiger partial charge in [-0.2, -0.15) is 0 Å². The summed E-state index contributed by atoms with van der Waals surface area (Å²) in [6, 6.07) is 24.2. The highest BCUT2D eigenvalue weighted by Gasteiger charge is 2.29. The Morgan fingerprint density at radius 2 is 1.58 bits per heavy atom. The first-order valence-electron chi connectivity index (χ1n) is 14.9. The van der Waals surface area contributed by atoms with Crippen molar-refractivity contribution < 1.29 is 19.5 Å². The average molecular weight is 603 g/mol. The summed E-state index contributed by atoms with van der Waals surface area (Å²) in [5.74, 6) is -1.15. The maximum absolute atomic E-state index is 14.1. The van der Waals surface area contributed by atoms with Gasteiger partial charge in [-0.1, -0.05) is 72.3 Å². The first kappa shape index (κ1) is 29.6. The van der Waals surface area contributed by atoms with Crippen molar-refractivity contribution in [2.75, 3.05) is 31.1 Å². The molecule has 3 heterocycles. The number of nitrogens with one attached hydrogen (secondary N) is 1. The molecule has 0 radical (unpaired) electrons. The van der Waals surface area contributed by atoms with E-state index in [1.807, 2.05) is 84.4 Å². The molecule has 0 unspecified atom stereocenters. The lowest BCUT2D eigenvalue weighted by Gasteiger charge is -2.35. The standard InChI is InChI=1S/C35H34N6O4/c1-23-13-14-29-26(19-23)31(32(39(29)2)25-11-7-4-8-12-25)34(43)41-17-15-40(16-18-41)30-22-36-28(21-37-30)33(42)38-27(35(44)45)20-24-9-5-3-6-10-24/h3-14,19,21-22,27H,15-18,20H2,1-2H3,(H,38,42)(H,44,45)/t27-/m0/s1. The number of amides is 2. The molecule has 1 saturated heterocycles. The summed E-state index contributed by atoms with van der Waals surface area (Å²) in [5, 5.41) is 13.1. The Hall–Kier alpha value is -5.51. The summed E-state index contributed by atoms with van der Waals surface area (Å²) >= 11 is 0. The maximum atomic E-state index is 14.1. The van der Waals surface area contributed by atoms with Gasteiger partial charge in [0.2, 0.25) is 0 Å². The van der Waals surface area contributed by atoms with Crippen LogP contribution in [0, 0.1) is 6.92 Å². The van der Waals surface area contributed by atoms with Crippen LogP contribution in [-0.4, -0.2) is 74.5 Å². The summed E-state index contributed by atoms with van der Waals surface area (Å²) in [6.07, 6.45) is 3.02. The predicted octanol–water partition coefficient (Wildman–Crippen LogP) is 4.33. The second-order valence-electron chi connectivity index (χ2n) is 11.3. The minimum Gasteiger partial charge on any atom is -0.480 e. The van der Waals surface area contributed by atoms with Crippen LogP contribution in [0.2, 0.25) is 0 Å². The second kappa shape index (κ2) is 12.6. The Kier molecular flexibility index (Phi) is 8.28.